The summed E-state index contributed by atoms with van der Waals surface area (Å²) >= 11 is 0. The molecule has 2 aromatic carbocycles. The van der Waals surface area contributed by atoms with E-state index in [-0.39, 0.29) is 11.7 Å². The predicted octanol–water partition coefficient (Wildman–Crippen LogP) is 4.13. The summed E-state index contributed by atoms with van der Waals surface area (Å²) in [4.78, 5) is 19.7. The molecule has 1 aliphatic carbocycles. The minimum atomic E-state index is -0.268. The van der Waals surface area contributed by atoms with Gasteiger partial charge in [-0.15, -0.1) is 0 Å². The third-order valence-corrected chi connectivity index (χ3v) is 4.81. The number of aromatic nitrogens is 1. The zero-order chi connectivity index (χ0) is 17.4. The number of carbonyl (C=O) groups is 1. The van der Waals surface area contributed by atoms with Crippen molar-refractivity contribution in [2.75, 3.05) is 7.05 Å². The standard InChI is InChI=1S/C21H19FN2O/c1-24(13-14-9-11-15(22)12-10-14)21(25)20-16-5-2-3-7-18(16)23-19-8-4-6-17(19)20/h2-3,5,7,9-12H,4,6,8,13H2,1H3. The van der Waals surface area contributed by atoms with Gasteiger partial charge in [-0.25, -0.2) is 4.39 Å². The van der Waals surface area contributed by atoms with E-state index < -0.39 is 0 Å². The number of aryl methyl sites for hydroxylation is 1. The van der Waals surface area contributed by atoms with E-state index in [2.05, 4.69) is 0 Å². The van der Waals surface area contributed by atoms with Crippen molar-refractivity contribution in [1.82, 2.24) is 9.88 Å². The van der Waals surface area contributed by atoms with E-state index in [9.17, 15) is 9.18 Å². The van der Waals surface area contributed by atoms with E-state index in [1.807, 2.05) is 24.3 Å². The molecule has 4 heteroatoms. The second-order valence-electron chi connectivity index (χ2n) is 6.57. The molecule has 0 saturated carbocycles. The summed E-state index contributed by atoms with van der Waals surface area (Å²) in [6, 6.07) is 14.1. The normalized spacial score (nSPS) is 13.0. The van der Waals surface area contributed by atoms with Crippen molar-refractivity contribution in [3.8, 4) is 0 Å². The van der Waals surface area contributed by atoms with E-state index in [1.165, 1.54) is 12.1 Å². The molecule has 1 aliphatic rings. The van der Waals surface area contributed by atoms with Crippen LogP contribution in [0.4, 0.5) is 4.39 Å². The maximum Gasteiger partial charge on any atom is 0.254 e. The second-order valence-corrected chi connectivity index (χ2v) is 6.57. The number of halogens is 1. The first-order valence-electron chi connectivity index (χ1n) is 8.54. The van der Waals surface area contributed by atoms with Gasteiger partial charge in [0, 0.05) is 24.7 Å². The third-order valence-electron chi connectivity index (χ3n) is 4.81. The minimum absolute atomic E-state index is 0.000995. The van der Waals surface area contributed by atoms with Crippen LogP contribution >= 0.6 is 0 Å². The van der Waals surface area contributed by atoms with Crippen LogP contribution < -0.4 is 0 Å². The Morgan fingerprint density at radius 3 is 2.68 bits per heavy atom. The van der Waals surface area contributed by atoms with E-state index in [0.29, 0.717) is 6.54 Å². The summed E-state index contributed by atoms with van der Waals surface area (Å²) in [5.41, 5.74) is 4.71. The first-order valence-corrected chi connectivity index (χ1v) is 8.54. The topological polar surface area (TPSA) is 33.2 Å². The molecule has 0 spiro atoms. The average Bonchev–Trinajstić information content (AvgIpc) is 3.09. The Bertz CT molecular complexity index is 950. The van der Waals surface area contributed by atoms with Crippen LogP contribution in [-0.2, 0) is 19.4 Å². The molecule has 1 amide bonds. The summed E-state index contributed by atoms with van der Waals surface area (Å²) in [6.07, 6.45) is 2.88. The highest BCUT2D eigenvalue weighted by Crippen LogP contribution is 2.30. The number of benzene rings is 2. The molecular weight excluding hydrogens is 315 g/mol. The Morgan fingerprint density at radius 1 is 1.12 bits per heavy atom. The fraction of sp³-hybridized carbons (Fsp3) is 0.238. The highest BCUT2D eigenvalue weighted by atomic mass is 19.1. The number of nitrogens with zero attached hydrogens (tertiary/aromatic N) is 2. The molecule has 0 aliphatic heterocycles. The maximum atomic E-state index is 13.2. The highest BCUT2D eigenvalue weighted by Gasteiger charge is 2.25. The largest absolute Gasteiger partial charge is 0.337 e. The van der Waals surface area contributed by atoms with Gasteiger partial charge in [0.2, 0.25) is 0 Å². The lowest BCUT2D eigenvalue weighted by atomic mass is 10.00. The van der Waals surface area contributed by atoms with Crippen LogP contribution in [0.2, 0.25) is 0 Å². The highest BCUT2D eigenvalue weighted by molar-refractivity contribution is 6.07. The van der Waals surface area contributed by atoms with Gasteiger partial charge in [0.1, 0.15) is 5.82 Å². The first-order chi connectivity index (χ1) is 12.1. The van der Waals surface area contributed by atoms with Crippen molar-refractivity contribution in [1.29, 1.82) is 0 Å². The molecule has 0 fully saturated rings. The van der Waals surface area contributed by atoms with Crippen molar-refractivity contribution >= 4 is 16.8 Å². The van der Waals surface area contributed by atoms with Gasteiger partial charge in [0.05, 0.1) is 11.1 Å². The minimum Gasteiger partial charge on any atom is -0.337 e. The molecule has 0 atom stereocenters. The number of carbonyl (C=O) groups excluding carboxylic acids is 1. The zero-order valence-corrected chi connectivity index (χ0v) is 14.1. The van der Waals surface area contributed by atoms with Crippen molar-refractivity contribution in [3.63, 3.8) is 0 Å². The lowest BCUT2D eigenvalue weighted by Crippen LogP contribution is -2.27. The number of hydrogen-bond donors (Lipinski definition) is 0. The Morgan fingerprint density at radius 2 is 1.88 bits per heavy atom. The third kappa shape index (κ3) is 2.88. The summed E-state index contributed by atoms with van der Waals surface area (Å²) in [5, 5.41) is 0.916. The second kappa shape index (κ2) is 6.28. The Labute approximate surface area is 146 Å². The maximum absolute atomic E-state index is 13.2. The quantitative estimate of drug-likeness (QED) is 0.721. The Kier molecular flexibility index (Phi) is 3.96. The first kappa shape index (κ1) is 15.8. The molecule has 0 unspecified atom stereocenters. The summed E-state index contributed by atoms with van der Waals surface area (Å²) in [7, 11) is 1.79. The van der Waals surface area contributed by atoms with E-state index in [0.717, 1.165) is 52.5 Å². The van der Waals surface area contributed by atoms with Crippen molar-refractivity contribution < 1.29 is 9.18 Å². The Hall–Kier alpha value is -2.75. The van der Waals surface area contributed by atoms with Gasteiger partial charge in [-0.2, -0.15) is 0 Å². The van der Waals surface area contributed by atoms with Gasteiger partial charge >= 0.3 is 0 Å². The van der Waals surface area contributed by atoms with Crippen LogP contribution in [0.5, 0.6) is 0 Å². The fourth-order valence-corrected chi connectivity index (χ4v) is 3.58. The molecule has 0 saturated heterocycles. The number of hydrogen-bond acceptors (Lipinski definition) is 2. The van der Waals surface area contributed by atoms with Gasteiger partial charge in [0.25, 0.3) is 5.91 Å². The Balaban J connectivity index is 1.73. The van der Waals surface area contributed by atoms with Gasteiger partial charge < -0.3 is 4.90 Å². The molecule has 1 aromatic heterocycles. The van der Waals surface area contributed by atoms with Crippen LogP contribution in [0, 0.1) is 5.82 Å². The van der Waals surface area contributed by atoms with Gasteiger partial charge in [-0.05, 0) is 48.6 Å². The molecule has 126 valence electrons. The lowest BCUT2D eigenvalue weighted by molar-refractivity contribution is 0.0786. The molecule has 3 aromatic rings. The smallest absolute Gasteiger partial charge is 0.254 e. The SMILES string of the molecule is CN(Cc1ccc(F)cc1)C(=O)c1c2c(nc3ccccc13)CCC2. The van der Waals surface area contributed by atoms with Crippen molar-refractivity contribution in [3.05, 3.63) is 76.7 Å². The summed E-state index contributed by atoms with van der Waals surface area (Å²) < 4.78 is 13.1. The molecule has 3 nitrogen and oxygen atoms in total. The van der Waals surface area contributed by atoms with Crippen LogP contribution in [0.25, 0.3) is 10.9 Å². The predicted molar refractivity (Wildman–Crippen MR) is 96.0 cm³/mol. The monoisotopic (exact) mass is 334 g/mol. The fourth-order valence-electron chi connectivity index (χ4n) is 3.58. The zero-order valence-electron chi connectivity index (χ0n) is 14.1. The van der Waals surface area contributed by atoms with Crippen LogP contribution in [-0.4, -0.2) is 22.8 Å². The molecule has 4 rings (SSSR count). The molecule has 0 N–H and O–H groups in total. The molecular formula is C21H19FN2O. The average molecular weight is 334 g/mol. The van der Waals surface area contributed by atoms with Crippen LogP contribution in [0.15, 0.2) is 48.5 Å². The molecule has 25 heavy (non-hydrogen) atoms. The summed E-state index contributed by atoms with van der Waals surface area (Å²) in [6.45, 7) is 0.449. The number of pyridine rings is 1. The van der Waals surface area contributed by atoms with E-state index in [4.69, 9.17) is 4.98 Å². The molecule has 0 radical (unpaired) electrons. The lowest BCUT2D eigenvalue weighted by Gasteiger charge is -2.20. The summed E-state index contributed by atoms with van der Waals surface area (Å²) in [5.74, 6) is -0.267. The van der Waals surface area contributed by atoms with E-state index in [1.54, 1.807) is 24.1 Å². The number of fused-ring (bicyclic) bond motifs is 2. The van der Waals surface area contributed by atoms with Crippen molar-refractivity contribution in [2.24, 2.45) is 0 Å². The van der Waals surface area contributed by atoms with E-state index >= 15 is 0 Å². The number of rotatable bonds is 3. The van der Waals surface area contributed by atoms with Crippen LogP contribution in [0.3, 0.4) is 0 Å². The van der Waals surface area contributed by atoms with Gasteiger partial charge in [0.15, 0.2) is 0 Å². The number of para-hydroxylation sites is 1. The van der Waals surface area contributed by atoms with Crippen molar-refractivity contribution in [2.45, 2.75) is 25.8 Å². The number of amides is 1. The van der Waals surface area contributed by atoms with Gasteiger partial charge in [-0.1, -0.05) is 30.3 Å². The molecule has 1 heterocycles. The van der Waals surface area contributed by atoms with Crippen LogP contribution in [0.1, 0.15) is 33.6 Å². The van der Waals surface area contributed by atoms with Gasteiger partial charge in [-0.3, -0.25) is 9.78 Å². The molecule has 0 bridgehead atoms.